The van der Waals surface area contributed by atoms with Crippen LogP contribution in [0.2, 0.25) is 0 Å². The smallest absolute Gasteiger partial charge is 0.254 e. The Morgan fingerprint density at radius 1 is 1.00 bits per heavy atom. The highest BCUT2D eigenvalue weighted by Crippen LogP contribution is 2.43. The maximum Gasteiger partial charge on any atom is 0.254 e. The number of Topliss-reactive ketones (excluding diaryl/α,β-unsaturated/α-hetero) is 1. The summed E-state index contributed by atoms with van der Waals surface area (Å²) in [5, 5.41) is 6.38. The van der Waals surface area contributed by atoms with E-state index in [1.807, 2.05) is 73.7 Å². The van der Waals surface area contributed by atoms with Crippen molar-refractivity contribution in [2.24, 2.45) is 0 Å². The molecule has 0 unspecified atom stereocenters. The minimum atomic E-state index is -0.501. The Labute approximate surface area is 217 Å². The van der Waals surface area contributed by atoms with Gasteiger partial charge in [-0.15, -0.1) is 0 Å². The van der Waals surface area contributed by atoms with Crippen molar-refractivity contribution < 1.29 is 19.1 Å². The zero-order chi connectivity index (χ0) is 25.8. The third-order valence-electron chi connectivity index (χ3n) is 6.82. The molecule has 3 aromatic carbocycles. The predicted octanol–water partition coefficient (Wildman–Crippen LogP) is 5.88. The molecular weight excluding hydrogens is 464 g/mol. The molecule has 0 fully saturated rings. The van der Waals surface area contributed by atoms with Gasteiger partial charge in [0.05, 0.1) is 12.8 Å². The zero-order valence-corrected chi connectivity index (χ0v) is 21.0. The Morgan fingerprint density at radius 3 is 2.59 bits per heavy atom. The number of ketones is 1. The normalized spacial score (nSPS) is 17.1. The van der Waals surface area contributed by atoms with Crippen molar-refractivity contribution >= 4 is 17.4 Å². The average Bonchev–Trinajstić information content (AvgIpc) is 2.92. The lowest BCUT2D eigenvalue weighted by Gasteiger charge is -2.34. The van der Waals surface area contributed by atoms with E-state index in [9.17, 15) is 9.59 Å². The summed E-state index contributed by atoms with van der Waals surface area (Å²) in [7, 11) is 1.57. The molecule has 2 N–H and O–H groups in total. The molecule has 1 aliphatic carbocycles. The lowest BCUT2D eigenvalue weighted by Crippen LogP contribution is -2.35. The number of para-hydroxylation sites is 2. The van der Waals surface area contributed by atoms with Gasteiger partial charge >= 0.3 is 0 Å². The molecule has 1 amide bonds. The van der Waals surface area contributed by atoms with Crippen LogP contribution in [0.3, 0.4) is 0 Å². The Bertz CT molecular complexity index is 1390. The van der Waals surface area contributed by atoms with E-state index in [1.165, 1.54) is 0 Å². The second kappa shape index (κ2) is 10.7. The highest BCUT2D eigenvalue weighted by Gasteiger charge is 2.38. The van der Waals surface area contributed by atoms with Crippen LogP contribution < -0.4 is 20.1 Å². The highest BCUT2D eigenvalue weighted by molar-refractivity contribution is 6.10. The number of dihydropyridines is 1. The first kappa shape index (κ1) is 24.4. The number of nitrogens with one attached hydrogen (secondary N) is 2. The summed E-state index contributed by atoms with van der Waals surface area (Å²) in [5.41, 5.74) is 5.31. The number of carbonyl (C=O) groups is 2. The van der Waals surface area contributed by atoms with Crippen LogP contribution >= 0.6 is 0 Å². The van der Waals surface area contributed by atoms with Crippen molar-refractivity contribution in [3.63, 3.8) is 0 Å². The van der Waals surface area contributed by atoms with Crippen LogP contribution in [0.4, 0.5) is 5.69 Å². The molecule has 37 heavy (non-hydrogen) atoms. The van der Waals surface area contributed by atoms with Gasteiger partial charge in [0.25, 0.3) is 5.91 Å². The van der Waals surface area contributed by atoms with E-state index in [4.69, 9.17) is 9.47 Å². The first-order valence-corrected chi connectivity index (χ1v) is 12.5. The molecule has 0 saturated heterocycles. The summed E-state index contributed by atoms with van der Waals surface area (Å²) in [4.78, 5) is 27.0. The van der Waals surface area contributed by atoms with Crippen molar-refractivity contribution in [1.29, 1.82) is 0 Å². The van der Waals surface area contributed by atoms with Gasteiger partial charge in [0, 0.05) is 34.9 Å². The van der Waals surface area contributed by atoms with E-state index < -0.39 is 5.92 Å². The Kier molecular flexibility index (Phi) is 7.08. The molecule has 6 nitrogen and oxygen atoms in total. The van der Waals surface area contributed by atoms with Crippen molar-refractivity contribution in [2.45, 2.75) is 38.7 Å². The molecular formula is C31H30N2O4. The number of benzene rings is 3. The van der Waals surface area contributed by atoms with Crippen LogP contribution in [0.5, 0.6) is 11.5 Å². The summed E-state index contributed by atoms with van der Waals surface area (Å²) in [6.07, 6.45) is 2.05. The van der Waals surface area contributed by atoms with E-state index in [0.717, 1.165) is 35.4 Å². The molecule has 188 valence electrons. The van der Waals surface area contributed by atoms with Gasteiger partial charge in [-0.1, -0.05) is 54.6 Å². The second-order valence-corrected chi connectivity index (χ2v) is 9.27. The quantitative estimate of drug-likeness (QED) is 0.429. The van der Waals surface area contributed by atoms with Crippen molar-refractivity contribution in [3.05, 3.63) is 113 Å². The molecule has 1 aliphatic heterocycles. The van der Waals surface area contributed by atoms with Gasteiger partial charge in [0.15, 0.2) is 5.78 Å². The van der Waals surface area contributed by atoms with Crippen LogP contribution in [0.15, 0.2) is 101 Å². The summed E-state index contributed by atoms with van der Waals surface area (Å²) in [5.74, 6) is 0.551. The Balaban J connectivity index is 1.51. The summed E-state index contributed by atoms with van der Waals surface area (Å²) < 4.78 is 11.5. The maximum atomic E-state index is 13.8. The summed E-state index contributed by atoms with van der Waals surface area (Å²) in [6, 6.07) is 25.0. The molecule has 3 aromatic rings. The van der Waals surface area contributed by atoms with Gasteiger partial charge in [-0.2, -0.15) is 0 Å². The SMILES string of the molecule is COc1ccccc1NC(=O)C1=C(C)NC2=C(C(=O)CCC2)[C@H]1c1cccc(OCc2ccccc2)c1. The van der Waals surface area contributed by atoms with Gasteiger partial charge in [-0.25, -0.2) is 0 Å². The number of amides is 1. The number of methoxy groups -OCH3 is 1. The molecule has 2 aliphatic rings. The molecule has 5 rings (SSSR count). The van der Waals surface area contributed by atoms with E-state index >= 15 is 0 Å². The summed E-state index contributed by atoms with van der Waals surface area (Å²) in [6.45, 7) is 2.32. The Morgan fingerprint density at radius 2 is 1.78 bits per heavy atom. The highest BCUT2D eigenvalue weighted by atomic mass is 16.5. The van der Waals surface area contributed by atoms with Crippen molar-refractivity contribution in [3.8, 4) is 11.5 Å². The first-order valence-electron chi connectivity index (χ1n) is 12.5. The molecule has 1 heterocycles. The molecule has 6 heteroatoms. The molecule has 0 aromatic heterocycles. The van der Waals surface area contributed by atoms with Crippen molar-refractivity contribution in [2.75, 3.05) is 12.4 Å². The first-order chi connectivity index (χ1) is 18.0. The molecule has 1 atom stereocenters. The average molecular weight is 495 g/mol. The van der Waals surface area contributed by atoms with Crippen molar-refractivity contribution in [1.82, 2.24) is 5.32 Å². The van der Waals surface area contributed by atoms with Gasteiger partial charge in [-0.05, 0) is 55.2 Å². The third-order valence-corrected chi connectivity index (χ3v) is 6.82. The lowest BCUT2D eigenvalue weighted by molar-refractivity contribution is -0.116. The fraction of sp³-hybridized carbons (Fsp3) is 0.226. The van der Waals surface area contributed by atoms with Crippen LogP contribution in [0.25, 0.3) is 0 Å². The fourth-order valence-corrected chi connectivity index (χ4v) is 5.08. The molecule has 0 bridgehead atoms. The topological polar surface area (TPSA) is 76.7 Å². The number of allylic oxidation sites excluding steroid dienone is 3. The minimum absolute atomic E-state index is 0.0736. The number of ether oxygens (including phenoxy) is 2. The number of rotatable bonds is 7. The number of hydrogen-bond donors (Lipinski definition) is 2. The number of carbonyl (C=O) groups excluding carboxylic acids is 2. The molecule has 0 spiro atoms. The monoisotopic (exact) mass is 494 g/mol. The second-order valence-electron chi connectivity index (χ2n) is 9.27. The number of hydrogen-bond acceptors (Lipinski definition) is 5. The minimum Gasteiger partial charge on any atom is -0.495 e. The van der Waals surface area contributed by atoms with Crippen LogP contribution in [-0.4, -0.2) is 18.8 Å². The lowest BCUT2D eigenvalue weighted by atomic mass is 9.75. The standard InChI is InChI=1S/C31H30N2O4/c1-20-28(31(35)33-24-14-6-7-17-27(24)36-2)29(30-25(32-20)15-9-16-26(30)34)22-12-8-13-23(18-22)37-19-21-10-4-3-5-11-21/h3-8,10-14,17-18,29,32H,9,15-16,19H2,1-2H3,(H,33,35)/t29-/m0/s1. The maximum absolute atomic E-state index is 13.8. The number of anilines is 1. The van der Waals surface area contributed by atoms with E-state index in [-0.39, 0.29) is 11.7 Å². The molecule has 0 saturated carbocycles. The van der Waals surface area contributed by atoms with Crippen LogP contribution in [0.1, 0.15) is 43.2 Å². The van der Waals surface area contributed by atoms with Gasteiger partial charge in [-0.3, -0.25) is 9.59 Å². The van der Waals surface area contributed by atoms with Gasteiger partial charge < -0.3 is 20.1 Å². The van der Waals surface area contributed by atoms with Gasteiger partial charge in [0.2, 0.25) is 0 Å². The van der Waals surface area contributed by atoms with E-state index in [2.05, 4.69) is 10.6 Å². The van der Waals surface area contributed by atoms with E-state index in [1.54, 1.807) is 19.2 Å². The van der Waals surface area contributed by atoms with Gasteiger partial charge in [0.1, 0.15) is 18.1 Å². The Hall–Kier alpha value is -4.32. The largest absolute Gasteiger partial charge is 0.495 e. The zero-order valence-electron chi connectivity index (χ0n) is 21.0. The fourth-order valence-electron chi connectivity index (χ4n) is 5.08. The summed E-state index contributed by atoms with van der Waals surface area (Å²) >= 11 is 0. The predicted molar refractivity (Wildman–Crippen MR) is 143 cm³/mol. The third kappa shape index (κ3) is 5.14. The van der Waals surface area contributed by atoms with Crippen LogP contribution in [-0.2, 0) is 16.2 Å². The molecule has 0 radical (unpaired) electrons. The van der Waals surface area contributed by atoms with E-state index in [0.29, 0.717) is 41.4 Å². The van der Waals surface area contributed by atoms with Crippen LogP contribution in [0, 0.1) is 0 Å².